The molecule has 19 heavy (non-hydrogen) atoms. The minimum absolute atomic E-state index is 0.0225. The Labute approximate surface area is 120 Å². The number of nitriles is 1. The Bertz CT molecular complexity index is 525. The molecule has 0 saturated heterocycles. The zero-order chi connectivity index (χ0) is 14.6. The third-order valence-corrected chi connectivity index (χ3v) is 3.17. The number of halogens is 2. The van der Waals surface area contributed by atoms with Gasteiger partial charge in [-0.1, -0.05) is 0 Å². The van der Waals surface area contributed by atoms with Crippen LogP contribution >= 0.6 is 15.9 Å². The highest BCUT2D eigenvalue weighted by Crippen LogP contribution is 2.26. The molecule has 0 fully saturated rings. The maximum Gasteiger partial charge on any atom is 0.242 e. The largest absolute Gasteiger partial charge is 0.371 e. The molecule has 1 aromatic rings. The van der Waals surface area contributed by atoms with Gasteiger partial charge in [-0.05, 0) is 48.8 Å². The van der Waals surface area contributed by atoms with Crippen molar-refractivity contribution in [1.29, 1.82) is 5.26 Å². The summed E-state index contributed by atoms with van der Waals surface area (Å²) in [7, 11) is 0. The molecule has 0 radical (unpaired) electrons. The van der Waals surface area contributed by atoms with Crippen molar-refractivity contribution in [2.45, 2.75) is 32.9 Å². The summed E-state index contributed by atoms with van der Waals surface area (Å²) in [5, 5.41) is 14.3. The van der Waals surface area contributed by atoms with Crippen LogP contribution in [0.2, 0.25) is 0 Å². The number of carbonyl (C=O) groups excluding carboxylic acids is 1. The molecule has 102 valence electrons. The molecule has 0 heterocycles. The van der Waals surface area contributed by atoms with Crippen molar-refractivity contribution in [3.05, 3.63) is 28.0 Å². The van der Waals surface area contributed by atoms with Crippen LogP contribution in [0.1, 0.15) is 26.3 Å². The molecule has 0 aliphatic heterocycles. The lowest BCUT2D eigenvalue weighted by Crippen LogP contribution is -2.41. The Morgan fingerprint density at radius 3 is 2.58 bits per heavy atom. The number of rotatable bonds is 4. The lowest BCUT2D eigenvalue weighted by molar-refractivity contribution is -0.122. The molecular weight excluding hydrogens is 313 g/mol. The van der Waals surface area contributed by atoms with Crippen LogP contribution in [-0.2, 0) is 4.79 Å². The highest BCUT2D eigenvalue weighted by molar-refractivity contribution is 9.10. The first-order chi connectivity index (χ1) is 8.86. The van der Waals surface area contributed by atoms with E-state index < -0.39 is 11.9 Å². The standard InChI is InChI=1S/C13H15BrFN3O/c1-7(2)17-13(19)8(3)18-10-5-4-9(6-16)11(14)12(10)15/h4-5,7-8,18H,1-3H3,(H,17,19). The molecular formula is C13H15BrFN3O. The zero-order valence-electron chi connectivity index (χ0n) is 10.9. The van der Waals surface area contributed by atoms with Crippen LogP contribution in [0, 0.1) is 17.1 Å². The van der Waals surface area contributed by atoms with Crippen molar-refractivity contribution in [2.75, 3.05) is 5.32 Å². The minimum atomic E-state index is -0.580. The van der Waals surface area contributed by atoms with E-state index in [0.717, 1.165) is 0 Å². The third-order valence-electron chi connectivity index (χ3n) is 2.40. The quantitative estimate of drug-likeness (QED) is 0.893. The van der Waals surface area contributed by atoms with Gasteiger partial charge in [-0.3, -0.25) is 4.79 Å². The predicted octanol–water partition coefficient (Wildman–Crippen LogP) is 2.78. The molecule has 2 N–H and O–H groups in total. The lowest BCUT2D eigenvalue weighted by Gasteiger charge is -2.17. The molecule has 1 amide bonds. The van der Waals surface area contributed by atoms with Gasteiger partial charge >= 0.3 is 0 Å². The number of benzene rings is 1. The smallest absolute Gasteiger partial charge is 0.242 e. The zero-order valence-corrected chi connectivity index (χ0v) is 12.5. The fraction of sp³-hybridized carbons (Fsp3) is 0.385. The third kappa shape index (κ3) is 3.93. The topological polar surface area (TPSA) is 64.9 Å². The molecule has 0 spiro atoms. The van der Waals surface area contributed by atoms with Crippen LogP contribution in [0.5, 0.6) is 0 Å². The number of anilines is 1. The predicted molar refractivity (Wildman–Crippen MR) is 75.2 cm³/mol. The van der Waals surface area contributed by atoms with E-state index >= 15 is 0 Å². The van der Waals surface area contributed by atoms with Crippen LogP contribution in [0.4, 0.5) is 10.1 Å². The average molecular weight is 328 g/mol. The van der Waals surface area contributed by atoms with Crippen molar-refractivity contribution in [1.82, 2.24) is 5.32 Å². The van der Waals surface area contributed by atoms with Gasteiger partial charge in [-0.25, -0.2) is 4.39 Å². The fourth-order valence-corrected chi connectivity index (χ4v) is 1.89. The molecule has 0 aliphatic carbocycles. The van der Waals surface area contributed by atoms with Gasteiger partial charge in [0.1, 0.15) is 12.1 Å². The SMILES string of the molecule is CC(C)NC(=O)C(C)Nc1ccc(C#N)c(Br)c1F. The van der Waals surface area contributed by atoms with E-state index in [4.69, 9.17) is 5.26 Å². The second kappa shape index (κ2) is 6.53. The van der Waals surface area contributed by atoms with Crippen molar-refractivity contribution in [2.24, 2.45) is 0 Å². The molecule has 6 heteroatoms. The second-order valence-corrected chi connectivity index (χ2v) is 5.22. The number of hydrogen-bond donors (Lipinski definition) is 2. The van der Waals surface area contributed by atoms with Crippen LogP contribution < -0.4 is 10.6 Å². The van der Waals surface area contributed by atoms with Crippen molar-refractivity contribution < 1.29 is 9.18 Å². The number of nitrogens with one attached hydrogen (secondary N) is 2. The Morgan fingerprint density at radius 1 is 1.42 bits per heavy atom. The summed E-state index contributed by atoms with van der Waals surface area (Å²) in [6, 6.07) is 4.25. The highest BCUT2D eigenvalue weighted by Gasteiger charge is 2.17. The van der Waals surface area contributed by atoms with Gasteiger partial charge in [0.15, 0.2) is 5.82 Å². The Balaban J connectivity index is 2.87. The van der Waals surface area contributed by atoms with Crippen LogP contribution in [0.25, 0.3) is 0 Å². The molecule has 1 atom stereocenters. The van der Waals surface area contributed by atoms with Crippen molar-refractivity contribution in [3.8, 4) is 6.07 Å². The Morgan fingerprint density at radius 2 is 2.05 bits per heavy atom. The number of hydrogen-bond acceptors (Lipinski definition) is 3. The van der Waals surface area contributed by atoms with Crippen LogP contribution in [0.15, 0.2) is 16.6 Å². The number of amides is 1. The summed E-state index contributed by atoms with van der Waals surface area (Å²) in [5.74, 6) is -0.793. The van der Waals surface area contributed by atoms with Gasteiger partial charge in [0.25, 0.3) is 0 Å². The molecule has 0 saturated carbocycles. The molecule has 1 aromatic carbocycles. The van der Waals surface area contributed by atoms with Crippen LogP contribution in [-0.4, -0.2) is 18.0 Å². The summed E-state index contributed by atoms with van der Waals surface area (Å²) in [6.45, 7) is 5.34. The molecule has 0 bridgehead atoms. The fourth-order valence-electron chi connectivity index (χ4n) is 1.46. The van der Waals surface area contributed by atoms with E-state index in [1.807, 2.05) is 19.9 Å². The van der Waals surface area contributed by atoms with E-state index in [1.165, 1.54) is 12.1 Å². The Hall–Kier alpha value is -1.61. The first-order valence-electron chi connectivity index (χ1n) is 5.81. The molecule has 0 aromatic heterocycles. The van der Waals surface area contributed by atoms with Gasteiger partial charge < -0.3 is 10.6 Å². The van der Waals surface area contributed by atoms with Gasteiger partial charge in [-0.15, -0.1) is 0 Å². The van der Waals surface area contributed by atoms with Gasteiger partial charge in [0.2, 0.25) is 5.91 Å². The number of carbonyl (C=O) groups is 1. The van der Waals surface area contributed by atoms with E-state index in [0.29, 0.717) is 0 Å². The van der Waals surface area contributed by atoms with Crippen LogP contribution in [0.3, 0.4) is 0 Å². The average Bonchev–Trinajstić information content (AvgIpc) is 2.34. The maximum atomic E-state index is 13.9. The maximum absolute atomic E-state index is 13.9. The molecule has 1 rings (SSSR count). The number of nitrogens with zero attached hydrogens (tertiary/aromatic N) is 1. The molecule has 4 nitrogen and oxygen atoms in total. The van der Waals surface area contributed by atoms with E-state index in [2.05, 4.69) is 26.6 Å². The molecule has 0 aliphatic rings. The normalized spacial score (nSPS) is 11.8. The van der Waals surface area contributed by atoms with Gasteiger partial charge in [0, 0.05) is 6.04 Å². The molecule has 1 unspecified atom stereocenters. The van der Waals surface area contributed by atoms with E-state index in [-0.39, 0.29) is 27.7 Å². The first-order valence-corrected chi connectivity index (χ1v) is 6.61. The first kappa shape index (κ1) is 15.4. The van der Waals surface area contributed by atoms with Crippen molar-refractivity contribution in [3.63, 3.8) is 0 Å². The van der Waals surface area contributed by atoms with E-state index in [9.17, 15) is 9.18 Å². The summed E-state index contributed by atoms with van der Waals surface area (Å²) >= 11 is 3.02. The minimum Gasteiger partial charge on any atom is -0.371 e. The van der Waals surface area contributed by atoms with Crippen molar-refractivity contribution >= 4 is 27.5 Å². The lowest BCUT2D eigenvalue weighted by atomic mass is 10.2. The monoisotopic (exact) mass is 327 g/mol. The summed E-state index contributed by atoms with van der Waals surface area (Å²) < 4.78 is 14.0. The summed E-state index contributed by atoms with van der Waals surface area (Å²) in [6.07, 6.45) is 0. The summed E-state index contributed by atoms with van der Waals surface area (Å²) in [4.78, 5) is 11.7. The summed E-state index contributed by atoms with van der Waals surface area (Å²) in [5.41, 5.74) is 0.389. The Kier molecular flexibility index (Phi) is 5.31. The van der Waals surface area contributed by atoms with Gasteiger partial charge in [0.05, 0.1) is 15.7 Å². The van der Waals surface area contributed by atoms with Gasteiger partial charge in [-0.2, -0.15) is 5.26 Å². The highest BCUT2D eigenvalue weighted by atomic mass is 79.9. The second-order valence-electron chi connectivity index (χ2n) is 4.43. The van der Waals surface area contributed by atoms with E-state index in [1.54, 1.807) is 6.92 Å².